The van der Waals surface area contributed by atoms with Crippen molar-refractivity contribution >= 4 is 11.8 Å². The van der Waals surface area contributed by atoms with Crippen molar-refractivity contribution in [2.24, 2.45) is 0 Å². The molecule has 17 heteroatoms. The molecular weight excluding hydrogens is 1590 g/mol. The van der Waals surface area contributed by atoms with Crippen LogP contribution < -0.4 is 28.4 Å². The van der Waals surface area contributed by atoms with Crippen LogP contribution in [0.15, 0.2) is 313 Å². The SMILES string of the molecule is C#Cc1cc(Oc2ccc(C(C)(C)c3cccc(C(C)(C)c4ccc(Oc5ccc(C#N)c(C#N)c5)cc4)c3)cc2)ccc1C#N.C#Cc1ccc(Oc2ccc(C(C)(C)c3ccc(C(C)(C)c4ccc(Oc5ccc(C#N)c(C#N)c5)cc4)cc3)cc2)cc1C#N.N#Cc1ccc(Oc2ccc(Sc3ccc(Oc4ccc(C#N)c(C#N)c4)cc3)cc2)cc1C#N. The molecule has 0 saturated carbocycles. The van der Waals surface area contributed by atoms with Gasteiger partial charge < -0.3 is 28.4 Å². The van der Waals surface area contributed by atoms with Crippen LogP contribution in [0.1, 0.15) is 167 Å². The van der Waals surface area contributed by atoms with E-state index in [0.717, 1.165) is 32.0 Å². The topological polar surface area (TPSA) is 293 Å². The van der Waals surface area contributed by atoms with Gasteiger partial charge in [-0.1, -0.05) is 176 Å². The van der Waals surface area contributed by atoms with Crippen LogP contribution in [-0.4, -0.2) is 0 Å². The second kappa shape index (κ2) is 39.6. The number of terminal acetylenes is 2. The molecule has 0 saturated heterocycles. The molecule has 0 radical (unpaired) electrons. The summed E-state index contributed by atoms with van der Waals surface area (Å²) in [4.78, 5) is 2.02. The summed E-state index contributed by atoms with van der Waals surface area (Å²) in [5.41, 5.74) is 12.5. The zero-order valence-electron chi connectivity index (χ0n) is 70.4. The number of hydrogen-bond donors (Lipinski definition) is 0. The fourth-order valence-corrected chi connectivity index (χ4v) is 14.7. The number of nitrogens with zero attached hydrogens (tertiary/aromatic N) is 10. The van der Waals surface area contributed by atoms with E-state index >= 15 is 0 Å². The Kier molecular flexibility index (Phi) is 27.6. The van der Waals surface area contributed by atoms with Crippen molar-refractivity contribution in [2.45, 2.75) is 86.8 Å². The average molecular weight is 1670 g/mol. The van der Waals surface area contributed by atoms with Gasteiger partial charge in [-0.3, -0.25) is 0 Å². The molecule has 14 aromatic rings. The fourth-order valence-electron chi connectivity index (χ4n) is 13.8. The summed E-state index contributed by atoms with van der Waals surface area (Å²) in [6.07, 6.45) is 11.0. The first-order valence-electron chi connectivity index (χ1n) is 39.7. The molecule has 0 amide bonds. The summed E-state index contributed by atoms with van der Waals surface area (Å²) in [7, 11) is 0. The zero-order valence-corrected chi connectivity index (χ0v) is 71.2. The molecule has 127 heavy (non-hydrogen) atoms. The van der Waals surface area contributed by atoms with Gasteiger partial charge in [-0.25, -0.2) is 0 Å². The molecule has 0 aliphatic rings. The second-order valence-electron chi connectivity index (χ2n) is 31.1. The highest BCUT2D eigenvalue weighted by Crippen LogP contribution is 2.43. The largest absolute Gasteiger partial charge is 0.457 e. The Morgan fingerprint density at radius 1 is 0.189 bits per heavy atom. The van der Waals surface area contributed by atoms with Crippen molar-refractivity contribution in [2.75, 3.05) is 0 Å². The van der Waals surface area contributed by atoms with Crippen LogP contribution in [0.2, 0.25) is 0 Å². The number of rotatable bonds is 22. The van der Waals surface area contributed by atoms with Gasteiger partial charge in [0.2, 0.25) is 0 Å². The Morgan fingerprint density at radius 3 is 0.583 bits per heavy atom. The van der Waals surface area contributed by atoms with E-state index in [2.05, 4.69) is 176 Å². The summed E-state index contributed by atoms with van der Waals surface area (Å²) < 4.78 is 35.6. The number of hydrogen-bond acceptors (Lipinski definition) is 17. The van der Waals surface area contributed by atoms with Gasteiger partial charge in [0.05, 0.1) is 55.6 Å². The molecular formula is C110H76N10O6S. The smallest absolute Gasteiger partial charge is 0.128 e. The Bertz CT molecular complexity index is 6620. The summed E-state index contributed by atoms with van der Waals surface area (Å²) in [5, 5.41) is 91.9. The quantitative estimate of drug-likeness (QED) is 0.0569. The summed E-state index contributed by atoms with van der Waals surface area (Å²) in [6.45, 7) is 17.6. The van der Waals surface area contributed by atoms with Crippen molar-refractivity contribution in [3.8, 4) is 154 Å². The van der Waals surface area contributed by atoms with Crippen LogP contribution in [0.4, 0.5) is 0 Å². The number of ether oxygens (including phenoxy) is 6. The predicted octanol–water partition coefficient (Wildman–Crippen LogP) is 25.9. The van der Waals surface area contributed by atoms with Gasteiger partial charge in [-0.05, 0) is 251 Å². The Balaban J connectivity index is 0.000000175. The van der Waals surface area contributed by atoms with Crippen molar-refractivity contribution in [3.63, 3.8) is 0 Å². The van der Waals surface area contributed by atoms with Crippen LogP contribution >= 0.6 is 11.8 Å². The van der Waals surface area contributed by atoms with Gasteiger partial charge in [0.1, 0.15) is 130 Å². The van der Waals surface area contributed by atoms with Crippen molar-refractivity contribution in [1.82, 2.24) is 0 Å². The van der Waals surface area contributed by atoms with Gasteiger partial charge in [-0.2, -0.15) is 52.6 Å². The van der Waals surface area contributed by atoms with Gasteiger partial charge in [-0.15, -0.1) is 12.8 Å². The lowest BCUT2D eigenvalue weighted by molar-refractivity contribution is 0.481. The van der Waals surface area contributed by atoms with E-state index in [9.17, 15) is 26.3 Å². The molecule has 0 aromatic heterocycles. The normalized spacial score (nSPS) is 10.6. The first-order valence-corrected chi connectivity index (χ1v) is 40.5. The monoisotopic (exact) mass is 1660 g/mol. The van der Waals surface area contributed by atoms with Crippen molar-refractivity contribution in [1.29, 1.82) is 52.6 Å². The predicted molar refractivity (Wildman–Crippen MR) is 486 cm³/mol. The fraction of sp³-hybridized carbons (Fsp3) is 0.109. The first kappa shape index (κ1) is 88.5. The molecule has 14 aromatic carbocycles. The molecule has 0 atom stereocenters. The van der Waals surface area contributed by atoms with Gasteiger partial charge in [0, 0.05) is 42.6 Å². The van der Waals surface area contributed by atoms with Crippen molar-refractivity contribution < 1.29 is 28.4 Å². The minimum Gasteiger partial charge on any atom is -0.457 e. The maximum atomic E-state index is 9.36. The standard InChI is InChI=1S/2C41H31N3O2.C28H14N4O2S/c1-6-28-7-17-38(23-30(28)26-43)45-36-19-13-34(14-20-36)40(2,3)32-9-11-33(12-10-32)41(4,5)35-15-21-37(22-16-35)46-39-18-8-29(25-42)31(24-39)27-44;1-6-28-22-38(16-10-29(28)25-42)45-36-18-12-32(13-19-36)40(2,3)34-8-7-9-35(24-34)41(4,5)33-14-20-37(21-15-33)46-39-17-11-30(26-43)31(23-39)27-44;29-15-19-1-3-25(13-21(19)17-31)33-23-5-9-27(10-6-23)35-28-11-7-24(8-12-28)34-26-4-2-20(16-30)22(14-26)18-32/h2*1,7-24H,2-5H3;1-14H. The third-order valence-corrected chi connectivity index (χ3v) is 22.7. The lowest BCUT2D eigenvalue weighted by Gasteiger charge is -2.31. The zero-order chi connectivity index (χ0) is 90.4. The van der Waals surface area contributed by atoms with E-state index in [0.29, 0.717) is 114 Å². The summed E-state index contributed by atoms with van der Waals surface area (Å²) >= 11 is 1.57. The summed E-state index contributed by atoms with van der Waals surface area (Å²) in [5.74, 6) is 12.1. The highest BCUT2D eigenvalue weighted by Gasteiger charge is 2.30. The molecule has 0 fully saturated rings. The average Bonchev–Trinajstić information content (AvgIpc) is 0.783. The second-order valence-corrected chi connectivity index (χ2v) is 32.2. The van der Waals surface area contributed by atoms with E-state index in [1.54, 1.807) is 121 Å². The van der Waals surface area contributed by atoms with E-state index in [-0.39, 0.29) is 43.9 Å². The minimum atomic E-state index is -0.289. The van der Waals surface area contributed by atoms with Crippen LogP contribution in [-0.2, 0) is 21.7 Å². The molecule has 0 heterocycles. The van der Waals surface area contributed by atoms with Crippen LogP contribution in [0.5, 0.6) is 69.0 Å². The molecule has 0 aliphatic carbocycles. The van der Waals surface area contributed by atoms with E-state index in [1.165, 1.54) is 22.3 Å². The van der Waals surface area contributed by atoms with E-state index in [1.807, 2.05) is 146 Å². The Hall–Kier alpha value is -17.8. The lowest BCUT2D eigenvalue weighted by atomic mass is 9.73. The highest BCUT2D eigenvalue weighted by molar-refractivity contribution is 7.99. The molecule has 14 rings (SSSR count). The van der Waals surface area contributed by atoms with Gasteiger partial charge in [0.25, 0.3) is 0 Å². The molecule has 16 nitrogen and oxygen atoms in total. The van der Waals surface area contributed by atoms with Crippen molar-refractivity contribution in [3.05, 3.63) is 415 Å². The van der Waals surface area contributed by atoms with Crippen LogP contribution in [0.3, 0.4) is 0 Å². The third kappa shape index (κ3) is 21.2. The van der Waals surface area contributed by atoms with E-state index in [4.69, 9.17) is 67.6 Å². The van der Waals surface area contributed by atoms with Gasteiger partial charge in [0.15, 0.2) is 0 Å². The number of nitriles is 10. The molecule has 608 valence electrons. The maximum absolute atomic E-state index is 9.36. The highest BCUT2D eigenvalue weighted by atomic mass is 32.2. The first-order chi connectivity index (χ1) is 61.3. The molecule has 0 bridgehead atoms. The van der Waals surface area contributed by atoms with E-state index < -0.39 is 0 Å². The summed E-state index contributed by atoms with van der Waals surface area (Å²) in [6, 6.07) is 114. The Morgan fingerprint density at radius 2 is 0.362 bits per heavy atom. The third-order valence-electron chi connectivity index (χ3n) is 21.7. The molecule has 0 N–H and O–H groups in total. The maximum Gasteiger partial charge on any atom is 0.128 e. The number of benzene rings is 14. The minimum absolute atomic E-state index is 0.251. The van der Waals surface area contributed by atoms with Gasteiger partial charge >= 0.3 is 0 Å². The molecule has 0 unspecified atom stereocenters. The van der Waals surface area contributed by atoms with Crippen LogP contribution in [0, 0.1) is 138 Å². The molecule has 0 aliphatic heterocycles. The molecule has 0 spiro atoms. The lowest BCUT2D eigenvalue weighted by Crippen LogP contribution is -2.22. The Labute approximate surface area is 743 Å². The van der Waals surface area contributed by atoms with Crippen LogP contribution in [0.25, 0.3) is 0 Å².